The summed E-state index contributed by atoms with van der Waals surface area (Å²) in [6.45, 7) is 10.2. The summed E-state index contributed by atoms with van der Waals surface area (Å²) in [4.78, 5) is 11.6. The van der Waals surface area contributed by atoms with Crippen molar-refractivity contribution in [3.05, 3.63) is 48.5 Å². The van der Waals surface area contributed by atoms with Crippen molar-refractivity contribution in [2.24, 2.45) is 0 Å². The first-order valence-electron chi connectivity index (χ1n) is 9.76. The van der Waals surface area contributed by atoms with Gasteiger partial charge in [-0.05, 0) is 57.4 Å². The van der Waals surface area contributed by atoms with Gasteiger partial charge in [0.15, 0.2) is 0 Å². The highest BCUT2D eigenvalue weighted by Gasteiger charge is 2.51. The van der Waals surface area contributed by atoms with E-state index < -0.39 is 18.3 Å². The second kappa shape index (κ2) is 8.47. The summed E-state index contributed by atoms with van der Waals surface area (Å²) >= 11 is 0. The molecule has 7 heteroatoms. The van der Waals surface area contributed by atoms with Gasteiger partial charge < -0.3 is 24.1 Å². The molecule has 2 aromatic carbocycles. The average molecular weight is 397 g/mol. The first-order valence-corrected chi connectivity index (χ1v) is 9.76. The Labute approximate surface area is 172 Å². The third kappa shape index (κ3) is 5.11. The Hall–Kier alpha value is -2.51. The molecule has 29 heavy (non-hydrogen) atoms. The van der Waals surface area contributed by atoms with Gasteiger partial charge in [0.2, 0.25) is 5.91 Å². The molecule has 6 nitrogen and oxygen atoms in total. The summed E-state index contributed by atoms with van der Waals surface area (Å²) in [5.74, 6) is 1.16. The topological polar surface area (TPSA) is 66.0 Å². The smallest absolute Gasteiger partial charge is 0.490 e. The fraction of sp³-hybridized carbons (Fsp3) is 0.409. The summed E-state index contributed by atoms with van der Waals surface area (Å²) in [6, 6.07) is 15.1. The van der Waals surface area contributed by atoms with Crippen LogP contribution >= 0.6 is 0 Å². The summed E-state index contributed by atoms with van der Waals surface area (Å²) < 4.78 is 23.8. The molecule has 0 saturated carbocycles. The Morgan fingerprint density at radius 1 is 0.966 bits per heavy atom. The molecule has 154 valence electrons. The zero-order valence-corrected chi connectivity index (χ0v) is 17.7. The second-order valence-corrected chi connectivity index (χ2v) is 8.04. The molecule has 2 aromatic rings. The van der Waals surface area contributed by atoms with E-state index in [2.05, 4.69) is 5.32 Å². The molecule has 1 fully saturated rings. The molecule has 0 aliphatic carbocycles. The number of carbonyl (C=O) groups excluding carboxylic acids is 1. The molecule has 0 bridgehead atoms. The van der Waals surface area contributed by atoms with E-state index in [0.717, 1.165) is 11.2 Å². The van der Waals surface area contributed by atoms with Gasteiger partial charge >= 0.3 is 7.12 Å². The SMILES string of the molecule is CC(=O)Nc1ccc(B2OC(C)(C)C(C)(C)O2)cc1OCCOc1ccccc1. The molecule has 1 amide bonds. The number of benzene rings is 2. The Morgan fingerprint density at radius 2 is 1.59 bits per heavy atom. The van der Waals surface area contributed by atoms with Crippen molar-refractivity contribution in [2.45, 2.75) is 45.8 Å². The van der Waals surface area contributed by atoms with Crippen LogP contribution in [0.4, 0.5) is 5.69 Å². The summed E-state index contributed by atoms with van der Waals surface area (Å²) in [5, 5.41) is 2.80. The zero-order valence-electron chi connectivity index (χ0n) is 17.7. The van der Waals surface area contributed by atoms with Crippen molar-refractivity contribution in [1.29, 1.82) is 0 Å². The zero-order chi connectivity index (χ0) is 21.1. The number of nitrogens with one attached hydrogen (secondary N) is 1. The number of hydrogen-bond acceptors (Lipinski definition) is 5. The highest BCUT2D eigenvalue weighted by Crippen LogP contribution is 2.37. The van der Waals surface area contributed by atoms with Gasteiger partial charge in [-0.25, -0.2) is 0 Å². The van der Waals surface area contributed by atoms with E-state index in [1.165, 1.54) is 6.92 Å². The lowest BCUT2D eigenvalue weighted by molar-refractivity contribution is -0.114. The van der Waals surface area contributed by atoms with Crippen LogP contribution in [0.15, 0.2) is 48.5 Å². The van der Waals surface area contributed by atoms with Gasteiger partial charge in [-0.15, -0.1) is 0 Å². The van der Waals surface area contributed by atoms with Crippen molar-refractivity contribution >= 4 is 24.2 Å². The normalized spacial score (nSPS) is 17.1. The monoisotopic (exact) mass is 397 g/mol. The van der Waals surface area contributed by atoms with Crippen LogP contribution in [0.25, 0.3) is 0 Å². The average Bonchev–Trinajstić information content (AvgIpc) is 2.88. The number of anilines is 1. The predicted octanol–water partition coefficient (Wildman–Crippen LogP) is 3.40. The Morgan fingerprint density at radius 3 is 2.21 bits per heavy atom. The van der Waals surface area contributed by atoms with E-state index in [1.807, 2.05) is 70.2 Å². The fourth-order valence-corrected chi connectivity index (χ4v) is 2.90. The van der Waals surface area contributed by atoms with Crippen LogP contribution in [0.1, 0.15) is 34.6 Å². The summed E-state index contributed by atoms with van der Waals surface area (Å²) in [6.07, 6.45) is 0. The van der Waals surface area contributed by atoms with E-state index in [-0.39, 0.29) is 5.91 Å². The number of para-hydroxylation sites is 1. The molecule has 3 rings (SSSR count). The predicted molar refractivity (Wildman–Crippen MR) is 114 cm³/mol. The lowest BCUT2D eigenvalue weighted by Gasteiger charge is -2.32. The number of amides is 1. The van der Waals surface area contributed by atoms with E-state index in [1.54, 1.807) is 6.07 Å². The van der Waals surface area contributed by atoms with Gasteiger partial charge in [-0.1, -0.05) is 24.3 Å². The third-order valence-electron chi connectivity index (χ3n) is 5.19. The van der Waals surface area contributed by atoms with Gasteiger partial charge in [0.05, 0.1) is 16.9 Å². The molecule has 1 aliphatic heterocycles. The molecule has 1 N–H and O–H groups in total. The minimum absolute atomic E-state index is 0.168. The van der Waals surface area contributed by atoms with Crippen LogP contribution in [0, 0.1) is 0 Å². The van der Waals surface area contributed by atoms with Crippen molar-refractivity contribution in [2.75, 3.05) is 18.5 Å². The molecule has 0 atom stereocenters. The summed E-state index contributed by atoms with van der Waals surface area (Å²) in [7, 11) is -0.505. The van der Waals surface area contributed by atoms with Crippen molar-refractivity contribution < 1.29 is 23.6 Å². The van der Waals surface area contributed by atoms with Gasteiger partial charge in [-0.2, -0.15) is 0 Å². The van der Waals surface area contributed by atoms with E-state index in [0.29, 0.717) is 24.7 Å². The van der Waals surface area contributed by atoms with Crippen molar-refractivity contribution in [3.63, 3.8) is 0 Å². The number of carbonyl (C=O) groups is 1. The lowest BCUT2D eigenvalue weighted by Crippen LogP contribution is -2.41. The Balaban J connectivity index is 1.71. The lowest BCUT2D eigenvalue weighted by atomic mass is 9.79. The first-order chi connectivity index (χ1) is 13.7. The molecular weight excluding hydrogens is 369 g/mol. The number of ether oxygens (including phenoxy) is 2. The van der Waals surface area contributed by atoms with Gasteiger partial charge in [0, 0.05) is 6.92 Å². The maximum absolute atomic E-state index is 11.6. The maximum Gasteiger partial charge on any atom is 0.494 e. The standard InChI is InChI=1S/C22H28BNO5/c1-16(25)24-19-12-11-17(23-28-21(2,3)22(4,5)29-23)15-20(19)27-14-13-26-18-9-7-6-8-10-18/h6-12,15H,13-14H2,1-5H3,(H,24,25). The van der Waals surface area contributed by atoms with Crippen LogP contribution in [0.3, 0.4) is 0 Å². The quantitative estimate of drug-likeness (QED) is 0.573. The van der Waals surface area contributed by atoms with Crippen LogP contribution in [0.2, 0.25) is 0 Å². The van der Waals surface area contributed by atoms with Crippen LogP contribution in [-0.4, -0.2) is 37.4 Å². The van der Waals surface area contributed by atoms with E-state index >= 15 is 0 Å². The Kier molecular flexibility index (Phi) is 6.20. The maximum atomic E-state index is 11.6. The highest BCUT2D eigenvalue weighted by molar-refractivity contribution is 6.62. The molecular formula is C22H28BNO5. The molecule has 0 radical (unpaired) electrons. The second-order valence-electron chi connectivity index (χ2n) is 8.04. The molecule has 1 heterocycles. The Bertz CT molecular complexity index is 838. The van der Waals surface area contributed by atoms with Crippen LogP contribution in [-0.2, 0) is 14.1 Å². The largest absolute Gasteiger partial charge is 0.494 e. The third-order valence-corrected chi connectivity index (χ3v) is 5.19. The molecule has 1 saturated heterocycles. The number of rotatable bonds is 7. The first kappa shape index (κ1) is 21.2. The molecule has 0 aromatic heterocycles. The van der Waals surface area contributed by atoms with Gasteiger partial charge in [0.1, 0.15) is 24.7 Å². The van der Waals surface area contributed by atoms with Gasteiger partial charge in [-0.3, -0.25) is 4.79 Å². The minimum Gasteiger partial charge on any atom is -0.490 e. The summed E-state index contributed by atoms with van der Waals surface area (Å²) in [5.41, 5.74) is 0.561. The van der Waals surface area contributed by atoms with Crippen molar-refractivity contribution in [1.82, 2.24) is 0 Å². The van der Waals surface area contributed by atoms with Crippen LogP contribution < -0.4 is 20.3 Å². The highest BCUT2D eigenvalue weighted by atomic mass is 16.7. The van der Waals surface area contributed by atoms with E-state index in [9.17, 15) is 4.79 Å². The van der Waals surface area contributed by atoms with E-state index in [4.69, 9.17) is 18.8 Å². The molecule has 0 unspecified atom stereocenters. The van der Waals surface area contributed by atoms with Crippen LogP contribution in [0.5, 0.6) is 11.5 Å². The minimum atomic E-state index is -0.505. The molecule has 1 aliphatic rings. The van der Waals surface area contributed by atoms with Gasteiger partial charge in [0.25, 0.3) is 0 Å². The fourth-order valence-electron chi connectivity index (χ4n) is 2.90. The van der Waals surface area contributed by atoms with Crippen molar-refractivity contribution in [3.8, 4) is 11.5 Å². The molecule has 0 spiro atoms. The number of hydrogen-bond donors (Lipinski definition) is 1.